The fourth-order valence-electron chi connectivity index (χ4n) is 3.48. The number of nitrogens with one attached hydrogen (secondary N) is 2. The number of hydrogen-bond acceptors (Lipinski definition) is 4. The lowest BCUT2D eigenvalue weighted by Crippen LogP contribution is -2.25. The predicted octanol–water partition coefficient (Wildman–Crippen LogP) is 2.43. The zero-order chi connectivity index (χ0) is 16.4. The molecule has 1 fully saturated rings. The van der Waals surface area contributed by atoms with E-state index < -0.39 is 0 Å². The van der Waals surface area contributed by atoms with Gasteiger partial charge in [0.25, 0.3) is 5.91 Å². The Morgan fingerprint density at radius 1 is 1.29 bits per heavy atom. The second-order valence-corrected chi connectivity index (χ2v) is 6.26. The van der Waals surface area contributed by atoms with Gasteiger partial charge in [0.2, 0.25) is 0 Å². The highest BCUT2D eigenvalue weighted by Gasteiger charge is 2.23. The Bertz CT molecular complexity index is 846. The zero-order valence-corrected chi connectivity index (χ0v) is 13.4. The van der Waals surface area contributed by atoms with Crippen molar-refractivity contribution in [3.63, 3.8) is 0 Å². The lowest BCUT2D eigenvalue weighted by Gasteiger charge is -2.21. The molecule has 0 radical (unpaired) electrons. The van der Waals surface area contributed by atoms with Gasteiger partial charge in [0.15, 0.2) is 5.65 Å². The summed E-state index contributed by atoms with van der Waals surface area (Å²) in [6.07, 6.45) is 9.13. The lowest BCUT2D eigenvalue weighted by molar-refractivity contribution is 0.0948. The summed E-state index contributed by atoms with van der Waals surface area (Å²) >= 11 is 0. The molecule has 24 heavy (non-hydrogen) atoms. The van der Waals surface area contributed by atoms with Crippen molar-refractivity contribution in [2.45, 2.75) is 44.6 Å². The number of H-pyrrole nitrogens is 1. The quantitative estimate of drug-likeness (QED) is 0.771. The molecule has 4 rings (SSSR count). The summed E-state index contributed by atoms with van der Waals surface area (Å²) in [6, 6.07) is 5.73. The molecule has 0 unspecified atom stereocenters. The van der Waals surface area contributed by atoms with Crippen LogP contribution in [0, 0.1) is 0 Å². The summed E-state index contributed by atoms with van der Waals surface area (Å²) in [6.45, 7) is 0.398. The average molecular weight is 324 g/mol. The highest BCUT2D eigenvalue weighted by atomic mass is 16.1. The van der Waals surface area contributed by atoms with E-state index in [2.05, 4.69) is 25.6 Å². The minimum Gasteiger partial charge on any atom is -0.346 e. The van der Waals surface area contributed by atoms with Crippen molar-refractivity contribution in [2.24, 2.45) is 0 Å². The number of hydrogen-bond donors (Lipinski definition) is 2. The van der Waals surface area contributed by atoms with E-state index in [1.165, 1.54) is 25.6 Å². The minimum absolute atomic E-state index is 0.0959. The fourth-order valence-corrected chi connectivity index (χ4v) is 3.48. The summed E-state index contributed by atoms with van der Waals surface area (Å²) < 4.78 is 1.73. The summed E-state index contributed by atoms with van der Waals surface area (Å²) in [5, 5.41) is 14.3. The first-order valence-corrected chi connectivity index (χ1v) is 8.42. The SMILES string of the molecule is O=C(NCc1cccc2ncnn12)c1cn[nH]c1C1CCCCC1. The van der Waals surface area contributed by atoms with Crippen LogP contribution in [0.4, 0.5) is 0 Å². The number of nitrogens with zero attached hydrogens (tertiary/aromatic N) is 4. The second kappa shape index (κ2) is 6.43. The first kappa shape index (κ1) is 14.9. The third-order valence-electron chi connectivity index (χ3n) is 4.74. The largest absolute Gasteiger partial charge is 0.346 e. The minimum atomic E-state index is -0.0959. The summed E-state index contributed by atoms with van der Waals surface area (Å²) in [5.41, 5.74) is 3.30. The maximum atomic E-state index is 12.6. The summed E-state index contributed by atoms with van der Waals surface area (Å²) in [4.78, 5) is 16.8. The lowest BCUT2D eigenvalue weighted by atomic mass is 9.85. The Morgan fingerprint density at radius 3 is 3.04 bits per heavy atom. The molecule has 3 aromatic heterocycles. The molecule has 0 atom stereocenters. The maximum Gasteiger partial charge on any atom is 0.255 e. The van der Waals surface area contributed by atoms with Crippen LogP contribution in [0.2, 0.25) is 0 Å². The highest BCUT2D eigenvalue weighted by Crippen LogP contribution is 2.33. The molecule has 0 spiro atoms. The highest BCUT2D eigenvalue weighted by molar-refractivity contribution is 5.95. The number of amides is 1. The molecule has 3 aromatic rings. The smallest absolute Gasteiger partial charge is 0.255 e. The number of aromatic amines is 1. The van der Waals surface area contributed by atoms with Crippen LogP contribution in [0.15, 0.2) is 30.7 Å². The van der Waals surface area contributed by atoms with E-state index in [9.17, 15) is 4.79 Å². The van der Waals surface area contributed by atoms with Gasteiger partial charge in [0.05, 0.1) is 29.7 Å². The zero-order valence-electron chi connectivity index (χ0n) is 13.4. The fraction of sp³-hybridized carbons (Fsp3) is 0.412. The Balaban J connectivity index is 1.49. The molecule has 0 bridgehead atoms. The Kier molecular flexibility index (Phi) is 3.98. The Labute approximate surface area is 139 Å². The number of pyridine rings is 1. The second-order valence-electron chi connectivity index (χ2n) is 6.26. The van der Waals surface area contributed by atoms with Crippen LogP contribution >= 0.6 is 0 Å². The van der Waals surface area contributed by atoms with Gasteiger partial charge >= 0.3 is 0 Å². The van der Waals surface area contributed by atoms with Crippen LogP contribution in [-0.4, -0.2) is 30.7 Å². The third kappa shape index (κ3) is 2.77. The predicted molar refractivity (Wildman–Crippen MR) is 88.6 cm³/mol. The van der Waals surface area contributed by atoms with Gasteiger partial charge < -0.3 is 5.32 Å². The topological polar surface area (TPSA) is 88.0 Å². The standard InChI is InChI=1S/C17H20N6O/c24-17(14-10-20-22-16(14)12-5-2-1-3-6-12)18-9-13-7-4-8-15-19-11-21-23(13)15/h4,7-8,10-12H,1-3,5-6,9H2,(H,18,24)(H,20,22). The van der Waals surface area contributed by atoms with E-state index in [4.69, 9.17) is 0 Å². The van der Waals surface area contributed by atoms with Gasteiger partial charge in [-0.15, -0.1) is 0 Å². The van der Waals surface area contributed by atoms with Crippen LogP contribution in [-0.2, 0) is 6.54 Å². The average Bonchev–Trinajstić information content (AvgIpc) is 3.29. The van der Waals surface area contributed by atoms with Crippen molar-refractivity contribution in [1.82, 2.24) is 30.1 Å². The van der Waals surface area contributed by atoms with Gasteiger partial charge in [0, 0.05) is 5.92 Å². The maximum absolute atomic E-state index is 12.6. The molecule has 7 heteroatoms. The van der Waals surface area contributed by atoms with Crippen molar-refractivity contribution in [3.05, 3.63) is 47.7 Å². The number of carbonyl (C=O) groups excluding carboxylic acids is 1. The monoisotopic (exact) mass is 324 g/mol. The van der Waals surface area contributed by atoms with Gasteiger partial charge in [-0.05, 0) is 25.0 Å². The first-order chi connectivity index (χ1) is 11.8. The molecule has 0 saturated heterocycles. The van der Waals surface area contributed by atoms with Crippen molar-refractivity contribution < 1.29 is 4.79 Å². The van der Waals surface area contributed by atoms with Gasteiger partial charge in [-0.3, -0.25) is 9.89 Å². The van der Waals surface area contributed by atoms with Gasteiger partial charge in [-0.2, -0.15) is 10.2 Å². The van der Waals surface area contributed by atoms with E-state index >= 15 is 0 Å². The third-order valence-corrected chi connectivity index (χ3v) is 4.74. The molecule has 1 amide bonds. The van der Waals surface area contributed by atoms with Gasteiger partial charge in [-0.25, -0.2) is 9.50 Å². The van der Waals surface area contributed by atoms with Crippen molar-refractivity contribution in [3.8, 4) is 0 Å². The molecule has 1 aliphatic carbocycles. The first-order valence-electron chi connectivity index (χ1n) is 8.42. The molecule has 124 valence electrons. The van der Waals surface area contributed by atoms with Crippen molar-refractivity contribution in [1.29, 1.82) is 0 Å². The Hall–Kier alpha value is -2.70. The summed E-state index contributed by atoms with van der Waals surface area (Å²) in [7, 11) is 0. The number of carbonyl (C=O) groups is 1. The van der Waals surface area contributed by atoms with E-state index in [-0.39, 0.29) is 5.91 Å². The summed E-state index contributed by atoms with van der Waals surface area (Å²) in [5.74, 6) is 0.321. The molecule has 3 heterocycles. The van der Waals surface area contributed by atoms with Crippen molar-refractivity contribution in [2.75, 3.05) is 0 Å². The van der Waals surface area contributed by atoms with E-state index in [0.29, 0.717) is 18.0 Å². The number of aromatic nitrogens is 5. The van der Waals surface area contributed by atoms with Gasteiger partial charge in [0.1, 0.15) is 6.33 Å². The van der Waals surface area contributed by atoms with Crippen LogP contribution in [0.5, 0.6) is 0 Å². The molecular formula is C17H20N6O. The van der Waals surface area contributed by atoms with Gasteiger partial charge in [-0.1, -0.05) is 25.3 Å². The molecule has 1 aliphatic rings. The van der Waals surface area contributed by atoms with Crippen molar-refractivity contribution >= 4 is 11.6 Å². The molecule has 1 saturated carbocycles. The molecule has 2 N–H and O–H groups in total. The molecule has 7 nitrogen and oxygen atoms in total. The van der Waals surface area contributed by atoms with Crippen LogP contribution in [0.1, 0.15) is 59.8 Å². The van der Waals surface area contributed by atoms with E-state index in [1.807, 2.05) is 18.2 Å². The molecule has 0 aliphatic heterocycles. The molecule has 0 aromatic carbocycles. The Morgan fingerprint density at radius 2 is 2.17 bits per heavy atom. The van der Waals surface area contributed by atoms with E-state index in [0.717, 1.165) is 29.9 Å². The number of fused-ring (bicyclic) bond motifs is 1. The number of rotatable bonds is 4. The van der Waals surface area contributed by atoms with Crippen LogP contribution in [0.3, 0.4) is 0 Å². The van der Waals surface area contributed by atoms with E-state index in [1.54, 1.807) is 10.7 Å². The normalized spacial score (nSPS) is 15.7. The molecular weight excluding hydrogens is 304 g/mol. The van der Waals surface area contributed by atoms with Crippen LogP contribution in [0.25, 0.3) is 5.65 Å². The van der Waals surface area contributed by atoms with Crippen LogP contribution < -0.4 is 5.32 Å².